The maximum atomic E-state index is 5.89. The van der Waals surface area contributed by atoms with E-state index in [1.54, 1.807) is 0 Å². The highest BCUT2D eigenvalue weighted by atomic mass is 35.5. The van der Waals surface area contributed by atoms with E-state index in [1.807, 2.05) is 12.1 Å². The Hall–Kier alpha value is -1.31. The third-order valence-electron chi connectivity index (χ3n) is 3.20. The summed E-state index contributed by atoms with van der Waals surface area (Å²) in [5.74, 6) is 0.412. The van der Waals surface area contributed by atoms with Gasteiger partial charge in [-0.1, -0.05) is 54.9 Å². The lowest BCUT2D eigenvalue weighted by molar-refractivity contribution is 0.772. The monoisotopic (exact) mass is 259 g/mol. The molecule has 0 bridgehead atoms. The summed E-state index contributed by atoms with van der Waals surface area (Å²) in [7, 11) is 0. The zero-order valence-electron chi connectivity index (χ0n) is 10.6. The van der Waals surface area contributed by atoms with E-state index in [0.717, 1.165) is 11.4 Å². The summed E-state index contributed by atoms with van der Waals surface area (Å²) >= 11 is 5.89. The summed E-state index contributed by atoms with van der Waals surface area (Å²) in [5, 5.41) is 0.782. The Bertz CT molecular complexity index is 505. The Morgan fingerprint density at radius 2 is 1.78 bits per heavy atom. The molecule has 94 valence electrons. The molecule has 0 aliphatic heterocycles. The van der Waals surface area contributed by atoms with E-state index in [4.69, 9.17) is 17.3 Å². The molecular formula is C16H18ClN. The average Bonchev–Trinajstić information content (AvgIpc) is 2.41. The van der Waals surface area contributed by atoms with Gasteiger partial charge in [-0.2, -0.15) is 0 Å². The molecule has 2 heteroatoms. The Morgan fingerprint density at radius 1 is 1.06 bits per heavy atom. The second-order valence-corrected chi connectivity index (χ2v) is 5.12. The predicted molar refractivity (Wildman–Crippen MR) is 78.2 cm³/mol. The zero-order chi connectivity index (χ0) is 13.0. The van der Waals surface area contributed by atoms with Crippen molar-refractivity contribution in [1.82, 2.24) is 0 Å². The first-order valence-corrected chi connectivity index (χ1v) is 6.60. The van der Waals surface area contributed by atoms with Crippen molar-refractivity contribution < 1.29 is 0 Å². The van der Waals surface area contributed by atoms with Crippen molar-refractivity contribution in [1.29, 1.82) is 0 Å². The van der Waals surface area contributed by atoms with Crippen molar-refractivity contribution in [2.24, 2.45) is 5.73 Å². The molecule has 1 unspecified atom stereocenters. The highest BCUT2D eigenvalue weighted by Crippen LogP contribution is 2.18. The summed E-state index contributed by atoms with van der Waals surface area (Å²) in [6.07, 6.45) is 0.933. The normalized spacial score (nSPS) is 12.4. The summed E-state index contributed by atoms with van der Waals surface area (Å²) in [6.45, 7) is 2.84. The lowest BCUT2D eigenvalue weighted by Gasteiger charge is -2.10. The van der Waals surface area contributed by atoms with Crippen LogP contribution < -0.4 is 5.73 Å². The van der Waals surface area contributed by atoms with Gasteiger partial charge in [-0.05, 0) is 47.7 Å². The van der Waals surface area contributed by atoms with Crippen molar-refractivity contribution >= 4 is 11.6 Å². The van der Waals surface area contributed by atoms with Crippen molar-refractivity contribution in [3.05, 3.63) is 70.2 Å². The number of halogens is 1. The van der Waals surface area contributed by atoms with Gasteiger partial charge in [-0.25, -0.2) is 0 Å². The van der Waals surface area contributed by atoms with E-state index in [0.29, 0.717) is 12.5 Å². The molecule has 0 aliphatic carbocycles. The van der Waals surface area contributed by atoms with Gasteiger partial charge in [0, 0.05) is 5.02 Å². The lowest BCUT2D eigenvalue weighted by Crippen LogP contribution is -2.09. The SMILES string of the molecule is CC(CN)c1cccc(Cc2ccc(Cl)cc2)c1. The van der Waals surface area contributed by atoms with E-state index in [9.17, 15) is 0 Å². The minimum Gasteiger partial charge on any atom is -0.330 e. The van der Waals surface area contributed by atoms with Crippen LogP contribution in [0.3, 0.4) is 0 Å². The minimum atomic E-state index is 0.412. The molecule has 0 saturated heterocycles. The predicted octanol–water partition coefficient (Wildman–Crippen LogP) is 3.99. The molecule has 0 heterocycles. The molecule has 2 aromatic rings. The molecule has 2 rings (SSSR count). The van der Waals surface area contributed by atoms with E-state index in [2.05, 4.69) is 43.3 Å². The molecule has 0 saturated carbocycles. The molecule has 1 atom stereocenters. The van der Waals surface area contributed by atoms with Crippen LogP contribution in [0.25, 0.3) is 0 Å². The molecule has 18 heavy (non-hydrogen) atoms. The summed E-state index contributed by atoms with van der Waals surface area (Å²) in [5.41, 5.74) is 9.61. The zero-order valence-corrected chi connectivity index (χ0v) is 11.3. The first kappa shape index (κ1) is 13.1. The molecule has 0 amide bonds. The first-order valence-electron chi connectivity index (χ1n) is 6.22. The van der Waals surface area contributed by atoms with Crippen molar-refractivity contribution in [2.45, 2.75) is 19.3 Å². The van der Waals surface area contributed by atoms with Gasteiger partial charge in [0.1, 0.15) is 0 Å². The highest BCUT2D eigenvalue weighted by molar-refractivity contribution is 6.30. The largest absolute Gasteiger partial charge is 0.330 e. The van der Waals surface area contributed by atoms with E-state index in [-0.39, 0.29) is 0 Å². The van der Waals surface area contributed by atoms with Crippen LogP contribution in [0.1, 0.15) is 29.5 Å². The number of rotatable bonds is 4. The van der Waals surface area contributed by atoms with Gasteiger partial charge in [-0.3, -0.25) is 0 Å². The second-order valence-electron chi connectivity index (χ2n) is 4.69. The molecule has 2 N–H and O–H groups in total. The van der Waals surface area contributed by atoms with Gasteiger partial charge in [0.25, 0.3) is 0 Å². The Kier molecular flexibility index (Phi) is 4.40. The maximum Gasteiger partial charge on any atom is 0.0406 e. The van der Waals surface area contributed by atoms with Gasteiger partial charge >= 0.3 is 0 Å². The van der Waals surface area contributed by atoms with E-state index >= 15 is 0 Å². The third kappa shape index (κ3) is 3.34. The topological polar surface area (TPSA) is 26.0 Å². The molecule has 0 radical (unpaired) electrons. The van der Waals surface area contributed by atoms with Crippen molar-refractivity contribution in [2.75, 3.05) is 6.54 Å². The maximum absolute atomic E-state index is 5.89. The molecule has 0 fully saturated rings. The third-order valence-corrected chi connectivity index (χ3v) is 3.45. The fourth-order valence-corrected chi connectivity index (χ4v) is 2.11. The Balaban J connectivity index is 2.16. The number of hydrogen-bond donors (Lipinski definition) is 1. The fraction of sp³-hybridized carbons (Fsp3) is 0.250. The van der Waals surface area contributed by atoms with E-state index < -0.39 is 0 Å². The van der Waals surface area contributed by atoms with Gasteiger partial charge in [0.15, 0.2) is 0 Å². The van der Waals surface area contributed by atoms with Crippen molar-refractivity contribution in [3.8, 4) is 0 Å². The molecule has 0 aliphatic rings. The smallest absolute Gasteiger partial charge is 0.0406 e. The summed E-state index contributed by atoms with van der Waals surface area (Å²) < 4.78 is 0. The van der Waals surface area contributed by atoms with Gasteiger partial charge in [0.2, 0.25) is 0 Å². The standard InChI is InChI=1S/C16H18ClN/c1-12(11-18)15-4-2-3-14(10-15)9-13-5-7-16(17)8-6-13/h2-8,10,12H,9,11,18H2,1H3. The van der Waals surface area contributed by atoms with Crippen molar-refractivity contribution in [3.63, 3.8) is 0 Å². The lowest BCUT2D eigenvalue weighted by atomic mass is 9.96. The molecular weight excluding hydrogens is 242 g/mol. The van der Waals surface area contributed by atoms with Gasteiger partial charge < -0.3 is 5.73 Å². The Labute approximate surface area is 114 Å². The number of hydrogen-bond acceptors (Lipinski definition) is 1. The van der Waals surface area contributed by atoms with Gasteiger partial charge in [-0.15, -0.1) is 0 Å². The van der Waals surface area contributed by atoms with Crippen LogP contribution >= 0.6 is 11.6 Å². The van der Waals surface area contributed by atoms with Crippen LogP contribution in [0.5, 0.6) is 0 Å². The average molecular weight is 260 g/mol. The van der Waals surface area contributed by atoms with Crippen LogP contribution in [0.2, 0.25) is 5.02 Å². The van der Waals surface area contributed by atoms with Gasteiger partial charge in [0.05, 0.1) is 0 Å². The number of benzene rings is 2. The number of nitrogens with two attached hydrogens (primary N) is 1. The second kappa shape index (κ2) is 6.03. The minimum absolute atomic E-state index is 0.412. The van der Waals surface area contributed by atoms with Crippen LogP contribution in [-0.2, 0) is 6.42 Å². The summed E-state index contributed by atoms with van der Waals surface area (Å²) in [6, 6.07) is 16.7. The Morgan fingerprint density at radius 3 is 2.44 bits per heavy atom. The summed E-state index contributed by atoms with van der Waals surface area (Å²) in [4.78, 5) is 0. The molecule has 0 spiro atoms. The van der Waals surface area contributed by atoms with Crippen LogP contribution in [0, 0.1) is 0 Å². The molecule has 1 nitrogen and oxygen atoms in total. The first-order chi connectivity index (χ1) is 8.69. The highest BCUT2D eigenvalue weighted by Gasteiger charge is 2.04. The van der Waals surface area contributed by atoms with Crippen LogP contribution in [-0.4, -0.2) is 6.54 Å². The molecule has 2 aromatic carbocycles. The quantitative estimate of drug-likeness (QED) is 0.883. The van der Waals surface area contributed by atoms with Crippen LogP contribution in [0.4, 0.5) is 0 Å². The fourth-order valence-electron chi connectivity index (χ4n) is 1.98. The van der Waals surface area contributed by atoms with E-state index in [1.165, 1.54) is 16.7 Å². The van der Waals surface area contributed by atoms with Crippen LogP contribution in [0.15, 0.2) is 48.5 Å². The molecule has 0 aromatic heterocycles.